The van der Waals surface area contributed by atoms with Gasteiger partial charge in [-0.05, 0) is 36.4 Å². The molecule has 0 fully saturated rings. The van der Waals surface area contributed by atoms with E-state index in [2.05, 4.69) is 5.10 Å². The molecule has 0 radical (unpaired) electrons. The van der Waals surface area contributed by atoms with Crippen LogP contribution in [0, 0.1) is 17.1 Å². The van der Waals surface area contributed by atoms with Gasteiger partial charge >= 0.3 is 0 Å². The SMILES string of the molecule is Cn1nccc1-c1cccc(OCCOc2ccc(F)cc2C#N)c1. The van der Waals surface area contributed by atoms with Gasteiger partial charge in [-0.15, -0.1) is 0 Å². The van der Waals surface area contributed by atoms with Crippen LogP contribution in [0.3, 0.4) is 0 Å². The summed E-state index contributed by atoms with van der Waals surface area (Å²) in [5, 5.41) is 13.1. The molecule has 3 aromatic rings. The third-order valence-corrected chi connectivity index (χ3v) is 3.62. The van der Waals surface area contributed by atoms with Gasteiger partial charge in [0, 0.05) is 18.8 Å². The van der Waals surface area contributed by atoms with Gasteiger partial charge in [0.25, 0.3) is 0 Å². The predicted octanol–water partition coefficient (Wildman–Crippen LogP) is 3.56. The number of rotatable bonds is 6. The summed E-state index contributed by atoms with van der Waals surface area (Å²) in [6.45, 7) is 0.549. The second-order valence-corrected chi connectivity index (χ2v) is 5.32. The van der Waals surface area contributed by atoms with Gasteiger partial charge in [0.05, 0.1) is 11.3 Å². The maximum absolute atomic E-state index is 13.1. The molecule has 3 rings (SSSR count). The summed E-state index contributed by atoms with van der Waals surface area (Å²) in [4.78, 5) is 0. The Morgan fingerprint density at radius 1 is 1.12 bits per heavy atom. The molecular weight excluding hydrogens is 321 g/mol. The fourth-order valence-electron chi connectivity index (χ4n) is 2.43. The second kappa shape index (κ2) is 7.49. The third kappa shape index (κ3) is 3.96. The van der Waals surface area contributed by atoms with Crippen molar-refractivity contribution in [2.45, 2.75) is 0 Å². The average Bonchev–Trinajstić information content (AvgIpc) is 3.06. The van der Waals surface area contributed by atoms with Crippen LogP contribution < -0.4 is 9.47 Å². The topological polar surface area (TPSA) is 60.1 Å². The third-order valence-electron chi connectivity index (χ3n) is 3.62. The molecule has 1 heterocycles. The second-order valence-electron chi connectivity index (χ2n) is 5.32. The van der Waals surface area contributed by atoms with Crippen molar-refractivity contribution in [3.05, 3.63) is 66.1 Å². The molecule has 2 aromatic carbocycles. The van der Waals surface area contributed by atoms with Gasteiger partial charge in [0.15, 0.2) is 0 Å². The van der Waals surface area contributed by atoms with Crippen molar-refractivity contribution in [3.8, 4) is 28.8 Å². The number of ether oxygens (including phenoxy) is 2. The lowest BCUT2D eigenvalue weighted by atomic mass is 10.1. The Balaban J connectivity index is 1.58. The standard InChI is InChI=1S/C19H16FN3O2/c1-23-18(7-8-22-23)14-3-2-4-17(12-14)24-9-10-25-19-6-5-16(20)11-15(19)13-21/h2-8,11-12H,9-10H2,1H3. The van der Waals surface area contributed by atoms with Crippen molar-refractivity contribution in [3.63, 3.8) is 0 Å². The van der Waals surface area contributed by atoms with Crippen LogP contribution in [0.15, 0.2) is 54.7 Å². The zero-order chi connectivity index (χ0) is 17.6. The molecule has 0 aliphatic rings. The largest absolute Gasteiger partial charge is 0.490 e. The molecule has 0 atom stereocenters. The van der Waals surface area contributed by atoms with E-state index >= 15 is 0 Å². The lowest BCUT2D eigenvalue weighted by molar-refractivity contribution is 0.216. The van der Waals surface area contributed by atoms with Gasteiger partial charge < -0.3 is 9.47 Å². The van der Waals surface area contributed by atoms with E-state index in [0.29, 0.717) is 18.1 Å². The smallest absolute Gasteiger partial charge is 0.137 e. The minimum absolute atomic E-state index is 0.165. The quantitative estimate of drug-likeness (QED) is 0.645. The first-order valence-electron chi connectivity index (χ1n) is 7.71. The highest BCUT2D eigenvalue weighted by Crippen LogP contribution is 2.23. The molecule has 0 saturated carbocycles. The van der Waals surface area contributed by atoms with E-state index in [1.807, 2.05) is 43.4 Å². The lowest BCUT2D eigenvalue weighted by Gasteiger charge is -2.10. The molecule has 25 heavy (non-hydrogen) atoms. The van der Waals surface area contributed by atoms with Crippen molar-refractivity contribution in [2.24, 2.45) is 7.05 Å². The summed E-state index contributed by atoms with van der Waals surface area (Å²) in [6.07, 6.45) is 1.74. The minimum Gasteiger partial charge on any atom is -0.490 e. The van der Waals surface area contributed by atoms with Gasteiger partial charge in [-0.3, -0.25) is 4.68 Å². The van der Waals surface area contributed by atoms with Crippen LogP contribution in [-0.2, 0) is 7.05 Å². The summed E-state index contributed by atoms with van der Waals surface area (Å²) in [5.41, 5.74) is 2.16. The normalized spacial score (nSPS) is 10.3. The van der Waals surface area contributed by atoms with Gasteiger partial charge in [-0.2, -0.15) is 10.4 Å². The Labute approximate surface area is 144 Å². The van der Waals surface area contributed by atoms with Crippen LogP contribution in [-0.4, -0.2) is 23.0 Å². The molecule has 0 unspecified atom stereocenters. The first-order chi connectivity index (χ1) is 12.2. The fraction of sp³-hybridized carbons (Fsp3) is 0.158. The van der Waals surface area contributed by atoms with Gasteiger partial charge in [-0.25, -0.2) is 4.39 Å². The molecular formula is C19H16FN3O2. The highest BCUT2D eigenvalue weighted by molar-refractivity contribution is 5.61. The molecule has 5 nitrogen and oxygen atoms in total. The Morgan fingerprint density at radius 2 is 1.96 bits per heavy atom. The molecule has 6 heteroatoms. The molecule has 0 N–H and O–H groups in total. The Hall–Kier alpha value is -3.33. The van der Waals surface area contributed by atoms with Gasteiger partial charge in [0.2, 0.25) is 0 Å². The van der Waals surface area contributed by atoms with E-state index in [4.69, 9.17) is 14.7 Å². The maximum atomic E-state index is 13.1. The van der Waals surface area contributed by atoms with Crippen LogP contribution in [0.25, 0.3) is 11.3 Å². The molecule has 0 spiro atoms. The van der Waals surface area contributed by atoms with Crippen molar-refractivity contribution in [1.29, 1.82) is 5.26 Å². The summed E-state index contributed by atoms with van der Waals surface area (Å²) in [6, 6.07) is 15.4. The zero-order valence-electron chi connectivity index (χ0n) is 13.6. The zero-order valence-corrected chi connectivity index (χ0v) is 13.6. The monoisotopic (exact) mass is 337 g/mol. The summed E-state index contributed by atoms with van der Waals surface area (Å²) in [7, 11) is 1.88. The molecule has 0 saturated heterocycles. The van der Waals surface area contributed by atoms with Crippen LogP contribution in [0.4, 0.5) is 4.39 Å². The lowest BCUT2D eigenvalue weighted by Crippen LogP contribution is -2.09. The number of nitriles is 1. The molecule has 126 valence electrons. The van der Waals surface area contributed by atoms with Crippen LogP contribution >= 0.6 is 0 Å². The number of benzene rings is 2. The van der Waals surface area contributed by atoms with E-state index in [1.165, 1.54) is 12.1 Å². The van der Waals surface area contributed by atoms with Crippen molar-refractivity contribution in [1.82, 2.24) is 9.78 Å². The van der Waals surface area contributed by atoms with Gasteiger partial charge in [0.1, 0.15) is 36.6 Å². The van der Waals surface area contributed by atoms with E-state index < -0.39 is 5.82 Å². The van der Waals surface area contributed by atoms with Crippen LogP contribution in [0.2, 0.25) is 0 Å². The molecule has 0 bridgehead atoms. The van der Waals surface area contributed by atoms with E-state index in [0.717, 1.165) is 17.3 Å². The Kier molecular flexibility index (Phi) is 4.95. The molecule has 0 aliphatic carbocycles. The van der Waals surface area contributed by atoms with Gasteiger partial charge in [-0.1, -0.05) is 12.1 Å². The van der Waals surface area contributed by atoms with Crippen LogP contribution in [0.5, 0.6) is 11.5 Å². The summed E-state index contributed by atoms with van der Waals surface area (Å²) >= 11 is 0. The first-order valence-corrected chi connectivity index (χ1v) is 7.71. The summed E-state index contributed by atoms with van der Waals surface area (Å²) < 4.78 is 26.1. The van der Waals surface area contributed by atoms with E-state index in [1.54, 1.807) is 10.9 Å². The van der Waals surface area contributed by atoms with Crippen molar-refractivity contribution >= 4 is 0 Å². The number of halogens is 1. The number of aromatic nitrogens is 2. The van der Waals surface area contributed by atoms with E-state index in [-0.39, 0.29) is 12.2 Å². The average molecular weight is 337 g/mol. The Morgan fingerprint density at radius 3 is 2.72 bits per heavy atom. The fourth-order valence-corrected chi connectivity index (χ4v) is 2.43. The first kappa shape index (κ1) is 16.5. The van der Waals surface area contributed by atoms with Crippen molar-refractivity contribution < 1.29 is 13.9 Å². The van der Waals surface area contributed by atoms with Crippen LogP contribution in [0.1, 0.15) is 5.56 Å². The molecule has 0 amide bonds. The Bertz CT molecular complexity index is 915. The van der Waals surface area contributed by atoms with E-state index in [9.17, 15) is 4.39 Å². The maximum Gasteiger partial charge on any atom is 0.137 e. The highest BCUT2D eigenvalue weighted by atomic mass is 19.1. The van der Waals surface area contributed by atoms with Crippen molar-refractivity contribution in [2.75, 3.05) is 13.2 Å². The number of aryl methyl sites for hydroxylation is 1. The molecule has 0 aliphatic heterocycles. The number of nitrogens with zero attached hydrogens (tertiary/aromatic N) is 3. The number of hydrogen-bond acceptors (Lipinski definition) is 4. The minimum atomic E-state index is -0.466. The molecule has 1 aromatic heterocycles. The summed E-state index contributed by atoms with van der Waals surface area (Å²) in [5.74, 6) is 0.588. The predicted molar refractivity (Wildman–Crippen MR) is 90.7 cm³/mol. The highest BCUT2D eigenvalue weighted by Gasteiger charge is 2.06. The number of hydrogen-bond donors (Lipinski definition) is 0.